The van der Waals surface area contributed by atoms with Crippen molar-refractivity contribution < 1.29 is 14.3 Å². The average molecular weight is 403 g/mol. The monoisotopic (exact) mass is 403 g/mol. The zero-order valence-electron chi connectivity index (χ0n) is 17.2. The first-order chi connectivity index (χ1) is 14.6. The minimum atomic E-state index is -0.441. The molecule has 0 bridgehead atoms. The number of amides is 2. The summed E-state index contributed by atoms with van der Waals surface area (Å²) in [4.78, 5) is 30.5. The number of aromatic nitrogens is 1. The highest BCUT2D eigenvalue weighted by atomic mass is 16.5. The van der Waals surface area contributed by atoms with E-state index < -0.39 is 5.97 Å². The number of ether oxygens (including phenoxy) is 1. The Morgan fingerprint density at radius 2 is 1.90 bits per heavy atom. The number of carbonyl (C=O) groups excluding carboxylic acids is 2. The molecule has 4 rings (SSSR count). The summed E-state index contributed by atoms with van der Waals surface area (Å²) in [6.45, 7) is 4.96. The minimum Gasteiger partial charge on any atom is -0.462 e. The summed E-state index contributed by atoms with van der Waals surface area (Å²) in [6.07, 6.45) is 2.24. The van der Waals surface area contributed by atoms with Gasteiger partial charge in [0.05, 0.1) is 17.9 Å². The van der Waals surface area contributed by atoms with Gasteiger partial charge in [-0.2, -0.15) is 0 Å². The van der Waals surface area contributed by atoms with Gasteiger partial charge in [-0.25, -0.2) is 9.59 Å². The number of hydrogen-bond acceptors (Lipinski definition) is 3. The van der Waals surface area contributed by atoms with E-state index in [1.54, 1.807) is 18.0 Å². The first-order valence-electron chi connectivity index (χ1n) is 10.2. The number of hydrogen-bond donors (Lipinski definition) is 2. The second kappa shape index (κ2) is 8.45. The van der Waals surface area contributed by atoms with Gasteiger partial charge in [-0.15, -0.1) is 0 Å². The van der Waals surface area contributed by atoms with Crippen molar-refractivity contribution in [1.29, 1.82) is 0 Å². The molecule has 1 aliphatic heterocycles. The van der Waals surface area contributed by atoms with Crippen molar-refractivity contribution in [2.24, 2.45) is 0 Å². The maximum Gasteiger partial charge on any atom is 0.341 e. The summed E-state index contributed by atoms with van der Waals surface area (Å²) < 4.78 is 5.28. The van der Waals surface area contributed by atoms with E-state index in [1.165, 1.54) is 0 Å². The fraction of sp³-hybridized carbons (Fsp3) is 0.250. The van der Waals surface area contributed by atoms with Crippen LogP contribution in [0.3, 0.4) is 0 Å². The Hall–Kier alpha value is -3.54. The van der Waals surface area contributed by atoms with Gasteiger partial charge in [0.2, 0.25) is 0 Å². The van der Waals surface area contributed by atoms with Gasteiger partial charge in [0, 0.05) is 30.2 Å². The maximum atomic E-state index is 12.9. The Bertz CT molecular complexity index is 1130. The molecule has 0 saturated carbocycles. The quantitative estimate of drug-likeness (QED) is 0.643. The van der Waals surface area contributed by atoms with Crippen molar-refractivity contribution in [3.05, 3.63) is 77.1 Å². The smallest absolute Gasteiger partial charge is 0.341 e. The molecule has 2 amide bonds. The average Bonchev–Trinajstić information content (AvgIpc) is 3.00. The van der Waals surface area contributed by atoms with Gasteiger partial charge in [-0.1, -0.05) is 42.5 Å². The topological polar surface area (TPSA) is 74.4 Å². The van der Waals surface area contributed by atoms with E-state index in [1.807, 2.05) is 55.5 Å². The van der Waals surface area contributed by atoms with Crippen molar-refractivity contribution in [3.63, 3.8) is 0 Å². The summed E-state index contributed by atoms with van der Waals surface area (Å²) in [5, 5.41) is 4.03. The van der Waals surface area contributed by atoms with Crippen LogP contribution in [0.15, 0.2) is 54.7 Å². The molecule has 0 spiro atoms. The Kier molecular flexibility index (Phi) is 5.57. The maximum absolute atomic E-state index is 12.9. The van der Waals surface area contributed by atoms with E-state index in [4.69, 9.17) is 4.74 Å². The van der Waals surface area contributed by atoms with E-state index in [9.17, 15) is 9.59 Å². The molecule has 0 unspecified atom stereocenters. The highest BCUT2D eigenvalue weighted by Gasteiger charge is 2.27. The fourth-order valence-electron chi connectivity index (χ4n) is 3.81. The molecule has 6 heteroatoms. The first kappa shape index (κ1) is 19.8. The molecule has 30 heavy (non-hydrogen) atoms. The number of benzene rings is 2. The van der Waals surface area contributed by atoms with Gasteiger partial charge < -0.3 is 15.0 Å². The molecule has 1 aromatic heterocycles. The summed E-state index contributed by atoms with van der Waals surface area (Å²) in [6, 6.07) is 15.6. The molecule has 1 aliphatic rings. The van der Waals surface area contributed by atoms with Gasteiger partial charge in [-0.05, 0) is 43.0 Å². The molecule has 3 aromatic rings. The predicted molar refractivity (Wildman–Crippen MR) is 117 cm³/mol. The number of nitrogens with one attached hydrogen (secondary N) is 2. The standard InChI is InChI=1S/C24H25N3O3/c1-3-30-23(28)20-15-27(24(29)25-14-17-9-5-4-8-16(17)2)13-12-19-18-10-6-7-11-21(18)26-22(19)20/h4-11,15,26H,3,12-14H2,1-2H3,(H,25,29). The number of carbonyl (C=O) groups is 2. The molecule has 2 heterocycles. The van der Waals surface area contributed by atoms with Crippen LogP contribution in [0.1, 0.15) is 29.3 Å². The third-order valence-electron chi connectivity index (χ3n) is 5.42. The molecule has 0 saturated heterocycles. The van der Waals surface area contributed by atoms with Crippen molar-refractivity contribution in [1.82, 2.24) is 15.2 Å². The molecular formula is C24H25N3O3. The summed E-state index contributed by atoms with van der Waals surface area (Å²) >= 11 is 0. The summed E-state index contributed by atoms with van der Waals surface area (Å²) in [5.74, 6) is -0.441. The Morgan fingerprint density at radius 1 is 1.13 bits per heavy atom. The van der Waals surface area contributed by atoms with Gasteiger partial charge in [0.1, 0.15) is 0 Å². The van der Waals surface area contributed by atoms with Crippen molar-refractivity contribution in [2.75, 3.05) is 13.2 Å². The van der Waals surface area contributed by atoms with E-state index in [0.717, 1.165) is 33.3 Å². The van der Waals surface area contributed by atoms with Crippen LogP contribution in [0.5, 0.6) is 0 Å². The van der Waals surface area contributed by atoms with Crippen LogP contribution in [-0.2, 0) is 22.5 Å². The van der Waals surface area contributed by atoms with Crippen molar-refractivity contribution in [3.8, 4) is 0 Å². The second-order valence-electron chi connectivity index (χ2n) is 7.32. The van der Waals surface area contributed by atoms with Crippen LogP contribution in [0.2, 0.25) is 0 Å². The van der Waals surface area contributed by atoms with E-state index >= 15 is 0 Å². The lowest BCUT2D eigenvalue weighted by Crippen LogP contribution is -2.37. The van der Waals surface area contributed by atoms with Crippen LogP contribution < -0.4 is 5.32 Å². The van der Waals surface area contributed by atoms with Crippen LogP contribution >= 0.6 is 0 Å². The largest absolute Gasteiger partial charge is 0.462 e. The number of esters is 1. The van der Waals surface area contributed by atoms with Gasteiger partial charge in [0.15, 0.2) is 0 Å². The number of nitrogens with zero attached hydrogens (tertiary/aromatic N) is 1. The third kappa shape index (κ3) is 3.81. The van der Waals surface area contributed by atoms with Gasteiger partial charge in [-0.3, -0.25) is 4.90 Å². The van der Waals surface area contributed by atoms with Gasteiger partial charge >= 0.3 is 12.0 Å². The molecule has 0 radical (unpaired) electrons. The number of fused-ring (bicyclic) bond motifs is 3. The number of urea groups is 1. The lowest BCUT2D eigenvalue weighted by Gasteiger charge is -2.19. The molecule has 0 atom stereocenters. The molecule has 2 aromatic carbocycles. The lowest BCUT2D eigenvalue weighted by molar-refractivity contribution is -0.136. The number of para-hydroxylation sites is 1. The van der Waals surface area contributed by atoms with E-state index in [2.05, 4.69) is 10.3 Å². The van der Waals surface area contributed by atoms with Crippen LogP contribution in [0, 0.1) is 6.92 Å². The van der Waals surface area contributed by atoms with Crippen LogP contribution in [0.4, 0.5) is 4.79 Å². The van der Waals surface area contributed by atoms with E-state index in [-0.39, 0.29) is 12.6 Å². The highest BCUT2D eigenvalue weighted by Crippen LogP contribution is 2.31. The Balaban J connectivity index is 1.63. The molecule has 2 N–H and O–H groups in total. The number of aryl methyl sites for hydroxylation is 1. The van der Waals surface area contributed by atoms with Crippen molar-refractivity contribution in [2.45, 2.75) is 26.8 Å². The molecule has 6 nitrogen and oxygen atoms in total. The summed E-state index contributed by atoms with van der Waals surface area (Å²) in [7, 11) is 0. The van der Waals surface area contributed by atoms with Crippen LogP contribution in [-0.4, -0.2) is 35.0 Å². The number of H-pyrrole nitrogens is 1. The zero-order valence-corrected chi connectivity index (χ0v) is 17.2. The number of rotatable bonds is 4. The third-order valence-corrected chi connectivity index (χ3v) is 5.42. The Morgan fingerprint density at radius 3 is 2.70 bits per heavy atom. The molecule has 0 aliphatic carbocycles. The first-order valence-corrected chi connectivity index (χ1v) is 10.2. The predicted octanol–water partition coefficient (Wildman–Crippen LogP) is 4.15. The normalized spacial score (nSPS) is 13.4. The second-order valence-corrected chi connectivity index (χ2v) is 7.32. The number of aromatic amines is 1. The van der Waals surface area contributed by atoms with Gasteiger partial charge in [0.25, 0.3) is 0 Å². The summed E-state index contributed by atoms with van der Waals surface area (Å²) in [5.41, 5.74) is 5.27. The van der Waals surface area contributed by atoms with Crippen LogP contribution in [0.25, 0.3) is 16.5 Å². The van der Waals surface area contributed by atoms with E-state index in [0.29, 0.717) is 25.1 Å². The SMILES string of the molecule is CCOC(=O)C1=CN(C(=O)NCc2ccccc2C)CCc2c1[nH]c1ccccc21. The fourth-order valence-corrected chi connectivity index (χ4v) is 3.81. The molecule has 154 valence electrons. The minimum absolute atomic E-state index is 0.241. The lowest BCUT2D eigenvalue weighted by atomic mass is 10.0. The molecule has 0 fully saturated rings. The highest BCUT2D eigenvalue weighted by molar-refractivity contribution is 6.18. The Labute approximate surface area is 175 Å². The molecular weight excluding hydrogens is 378 g/mol. The zero-order chi connectivity index (χ0) is 21.1. The van der Waals surface area contributed by atoms with Crippen molar-refractivity contribution >= 4 is 28.5 Å².